The van der Waals surface area contributed by atoms with Crippen LogP contribution in [-0.4, -0.2) is 53.4 Å². The van der Waals surface area contributed by atoms with Crippen molar-refractivity contribution in [1.82, 2.24) is 20.6 Å². The summed E-state index contributed by atoms with van der Waals surface area (Å²) in [6, 6.07) is 9.51. The minimum atomic E-state index is -0.478. The first-order valence-corrected chi connectivity index (χ1v) is 10.4. The molecule has 0 spiro atoms. The number of guanidine groups is 1. The molecule has 1 aromatic heterocycles. The highest BCUT2D eigenvalue weighted by Gasteiger charge is 2.20. The molecular formula is C20H27BrN8O. The van der Waals surface area contributed by atoms with Crippen LogP contribution >= 0.6 is 15.9 Å². The Morgan fingerprint density at radius 3 is 2.40 bits per heavy atom. The predicted octanol–water partition coefficient (Wildman–Crippen LogP) is 2.58. The molecule has 0 bridgehead atoms. The topological polar surface area (TPSA) is 110 Å². The number of hydrogen-bond acceptors (Lipinski definition) is 9. The molecule has 160 valence electrons. The van der Waals surface area contributed by atoms with Gasteiger partial charge in [0.25, 0.3) is 0 Å². The molecule has 0 amide bonds. The van der Waals surface area contributed by atoms with Crippen LogP contribution in [0.2, 0.25) is 0 Å². The highest BCUT2D eigenvalue weighted by atomic mass is 79.9. The summed E-state index contributed by atoms with van der Waals surface area (Å²) in [4.78, 5) is 15.3. The molecule has 1 unspecified atom stereocenters. The Morgan fingerprint density at radius 1 is 1.10 bits per heavy atom. The van der Waals surface area contributed by atoms with Crippen molar-refractivity contribution in [2.45, 2.75) is 32.2 Å². The van der Waals surface area contributed by atoms with Gasteiger partial charge in [-0.05, 0) is 44.2 Å². The van der Waals surface area contributed by atoms with E-state index < -0.39 is 6.10 Å². The molecule has 2 aromatic rings. The van der Waals surface area contributed by atoms with Crippen molar-refractivity contribution in [2.24, 2.45) is 4.99 Å². The monoisotopic (exact) mass is 474 g/mol. The third-order valence-corrected chi connectivity index (χ3v) is 5.18. The van der Waals surface area contributed by atoms with Gasteiger partial charge in [0.15, 0.2) is 0 Å². The van der Waals surface area contributed by atoms with Crippen LogP contribution in [0.5, 0.6) is 0 Å². The molecule has 10 heteroatoms. The van der Waals surface area contributed by atoms with Crippen LogP contribution in [0.4, 0.5) is 23.1 Å². The summed E-state index contributed by atoms with van der Waals surface area (Å²) >= 11 is 3.50. The second-order valence-corrected chi connectivity index (χ2v) is 8.13. The maximum atomic E-state index is 9.72. The lowest BCUT2D eigenvalue weighted by Crippen LogP contribution is -2.45. The van der Waals surface area contributed by atoms with Crippen molar-refractivity contribution in [3.63, 3.8) is 0 Å². The first-order chi connectivity index (χ1) is 14.3. The molecule has 3 rings (SSSR count). The predicted molar refractivity (Wildman–Crippen MR) is 125 cm³/mol. The van der Waals surface area contributed by atoms with E-state index in [4.69, 9.17) is 0 Å². The Hall–Kier alpha value is -2.69. The molecule has 1 aromatic carbocycles. The third-order valence-electron chi connectivity index (χ3n) is 4.51. The van der Waals surface area contributed by atoms with E-state index in [9.17, 15) is 5.11 Å². The molecular weight excluding hydrogens is 448 g/mol. The fraction of sp³-hybridized carbons (Fsp3) is 0.350. The van der Waals surface area contributed by atoms with Gasteiger partial charge in [-0.15, -0.1) is 0 Å². The van der Waals surface area contributed by atoms with Crippen LogP contribution in [0.25, 0.3) is 0 Å². The number of aliphatic imine (C=N–C) groups is 1. The van der Waals surface area contributed by atoms with Gasteiger partial charge in [-0.3, -0.25) is 5.32 Å². The Morgan fingerprint density at radius 2 is 1.77 bits per heavy atom. The smallest absolute Gasteiger partial charge is 0.229 e. The summed E-state index contributed by atoms with van der Waals surface area (Å²) < 4.78 is 0.861. The summed E-state index contributed by atoms with van der Waals surface area (Å²) in [6.45, 7) is 3.66. The number of aliphatic hydroxyl groups is 1. The van der Waals surface area contributed by atoms with Gasteiger partial charge in [0.1, 0.15) is 12.0 Å². The number of nitrogens with one attached hydrogen (secondary N) is 4. The normalized spacial score (nSPS) is 17.9. The second kappa shape index (κ2) is 9.88. The van der Waals surface area contributed by atoms with Crippen molar-refractivity contribution in [2.75, 3.05) is 29.6 Å². The van der Waals surface area contributed by atoms with Gasteiger partial charge in [0, 0.05) is 43.9 Å². The zero-order valence-corrected chi connectivity index (χ0v) is 19.0. The van der Waals surface area contributed by atoms with E-state index >= 15 is 0 Å². The van der Waals surface area contributed by atoms with Gasteiger partial charge in [-0.1, -0.05) is 15.9 Å². The minimum Gasteiger partial charge on any atom is -0.392 e. The number of aliphatic hydroxyl groups excluding tert-OH is 1. The number of anilines is 4. The van der Waals surface area contributed by atoms with Crippen LogP contribution in [0, 0.1) is 0 Å². The van der Waals surface area contributed by atoms with Gasteiger partial charge in [0.05, 0.1) is 10.6 Å². The number of aromatic nitrogens is 2. The zero-order chi connectivity index (χ0) is 21.7. The van der Waals surface area contributed by atoms with Crippen LogP contribution < -0.4 is 26.2 Å². The molecule has 0 saturated carbocycles. The first-order valence-electron chi connectivity index (χ1n) is 9.60. The number of benzene rings is 1. The van der Waals surface area contributed by atoms with Crippen molar-refractivity contribution in [1.29, 1.82) is 0 Å². The number of nitrogens with zero attached hydrogens (tertiary/aromatic N) is 4. The Labute approximate surface area is 184 Å². The Kier molecular flexibility index (Phi) is 7.24. The van der Waals surface area contributed by atoms with E-state index in [2.05, 4.69) is 52.2 Å². The summed E-state index contributed by atoms with van der Waals surface area (Å²) in [5.41, 5.74) is 1.76. The molecule has 1 aliphatic heterocycles. The lowest BCUT2D eigenvalue weighted by atomic mass is 10.2. The SMILES string of the molecule is C[C@@H](O)[C@@H](C)NC1N=C(Nc2ccc(Nc3nccc(N(C)C)n3)cc2)NC=C1Br. The van der Waals surface area contributed by atoms with Crippen LogP contribution in [0.3, 0.4) is 0 Å². The average molecular weight is 475 g/mol. The number of halogens is 1. The van der Waals surface area contributed by atoms with Gasteiger partial charge >= 0.3 is 0 Å². The number of hydrogen-bond donors (Lipinski definition) is 5. The molecule has 9 nitrogen and oxygen atoms in total. The van der Waals surface area contributed by atoms with Crippen molar-refractivity contribution < 1.29 is 5.11 Å². The largest absolute Gasteiger partial charge is 0.392 e. The molecule has 1 aliphatic rings. The van der Waals surface area contributed by atoms with Crippen LogP contribution in [0.15, 0.2) is 52.2 Å². The molecule has 0 radical (unpaired) electrons. The summed E-state index contributed by atoms with van der Waals surface area (Å²) in [6.07, 6.45) is 2.80. The zero-order valence-electron chi connectivity index (χ0n) is 17.4. The average Bonchev–Trinajstić information content (AvgIpc) is 2.72. The van der Waals surface area contributed by atoms with Crippen LogP contribution in [0.1, 0.15) is 13.8 Å². The summed E-state index contributed by atoms with van der Waals surface area (Å²) in [5.74, 6) is 1.98. The Balaban J connectivity index is 1.63. The maximum absolute atomic E-state index is 9.72. The molecule has 2 heterocycles. The van der Waals surface area contributed by atoms with E-state index in [1.54, 1.807) is 13.1 Å². The molecule has 3 atom stereocenters. The summed E-state index contributed by atoms with van der Waals surface area (Å²) in [5, 5.41) is 22.6. The lowest BCUT2D eigenvalue weighted by Gasteiger charge is -2.26. The Bertz CT molecular complexity index is 913. The minimum absolute atomic E-state index is 0.0994. The van der Waals surface area contributed by atoms with E-state index in [1.807, 2.05) is 62.5 Å². The lowest BCUT2D eigenvalue weighted by molar-refractivity contribution is 0.149. The fourth-order valence-electron chi connectivity index (χ4n) is 2.58. The molecule has 30 heavy (non-hydrogen) atoms. The highest BCUT2D eigenvalue weighted by Crippen LogP contribution is 2.20. The van der Waals surface area contributed by atoms with E-state index in [0.717, 1.165) is 21.7 Å². The molecule has 5 N–H and O–H groups in total. The van der Waals surface area contributed by atoms with E-state index in [-0.39, 0.29) is 12.2 Å². The van der Waals surface area contributed by atoms with Crippen LogP contribution in [-0.2, 0) is 0 Å². The van der Waals surface area contributed by atoms with E-state index in [0.29, 0.717) is 11.9 Å². The standard InChI is InChI=1S/C20H27BrN8O/c1-12(13(2)30)24-18-16(21)11-23-20(28-18)26-15-7-5-14(6-8-15)25-19-22-10-9-17(27-19)29(3)4/h5-13,18,24,30H,1-4H3,(H,22,25,27)(H2,23,26,28)/t12-,13-,18?/m1/s1. The fourth-order valence-corrected chi connectivity index (χ4v) is 2.93. The number of rotatable bonds is 7. The first kappa shape index (κ1) is 22.0. The summed E-state index contributed by atoms with van der Waals surface area (Å²) in [7, 11) is 3.88. The van der Waals surface area contributed by atoms with Crippen molar-refractivity contribution in [3.05, 3.63) is 47.2 Å². The quantitative estimate of drug-likeness (QED) is 0.416. The molecule has 0 fully saturated rings. The van der Waals surface area contributed by atoms with Gasteiger partial charge in [0.2, 0.25) is 11.9 Å². The van der Waals surface area contributed by atoms with Gasteiger partial charge in [-0.2, -0.15) is 4.98 Å². The molecule has 0 aliphatic carbocycles. The van der Waals surface area contributed by atoms with Crippen molar-refractivity contribution in [3.8, 4) is 0 Å². The van der Waals surface area contributed by atoms with Gasteiger partial charge < -0.3 is 26.0 Å². The van der Waals surface area contributed by atoms with E-state index in [1.165, 1.54) is 0 Å². The van der Waals surface area contributed by atoms with Gasteiger partial charge in [-0.25, -0.2) is 9.98 Å². The third kappa shape index (κ3) is 5.91. The molecule has 0 saturated heterocycles. The maximum Gasteiger partial charge on any atom is 0.229 e. The second-order valence-electron chi connectivity index (χ2n) is 7.21. The highest BCUT2D eigenvalue weighted by molar-refractivity contribution is 9.11. The van der Waals surface area contributed by atoms with Crippen molar-refractivity contribution >= 4 is 45.0 Å².